The molecule has 182 valence electrons. The molecule has 2 unspecified atom stereocenters. The van der Waals surface area contributed by atoms with Crippen LogP contribution in [0.15, 0.2) is 90.8 Å². The quantitative estimate of drug-likeness (QED) is 0.499. The van der Waals surface area contributed by atoms with E-state index in [2.05, 4.69) is 42.2 Å². The van der Waals surface area contributed by atoms with Crippen LogP contribution in [0.3, 0.4) is 0 Å². The summed E-state index contributed by atoms with van der Waals surface area (Å²) in [6, 6.07) is 22.9. The topological polar surface area (TPSA) is 70.6 Å². The van der Waals surface area contributed by atoms with Crippen molar-refractivity contribution in [3.63, 3.8) is 0 Å². The van der Waals surface area contributed by atoms with Crippen LogP contribution in [0.25, 0.3) is 11.1 Å². The minimum Gasteiger partial charge on any atom is -0.323 e. The number of hydrogen-bond donors (Lipinski definition) is 0. The minimum atomic E-state index is -0.694. The van der Waals surface area contributed by atoms with Crippen LogP contribution in [-0.2, 0) is 16.0 Å². The Morgan fingerprint density at radius 1 is 1.00 bits per heavy atom. The summed E-state index contributed by atoms with van der Waals surface area (Å²) in [5.74, 6) is -0.701. The number of likely N-dealkylation sites (tertiary alicyclic amines) is 1. The van der Waals surface area contributed by atoms with Gasteiger partial charge in [-0.05, 0) is 47.7 Å². The number of amides is 2. The molecule has 0 aliphatic carbocycles. The third-order valence-corrected chi connectivity index (χ3v) is 6.93. The first-order chi connectivity index (χ1) is 17.6. The van der Waals surface area contributed by atoms with Gasteiger partial charge in [0.25, 0.3) is 5.91 Å². The van der Waals surface area contributed by atoms with Crippen molar-refractivity contribution in [2.45, 2.75) is 32.2 Å². The number of Topliss-reactive ketones (excluding diaryl/α,β-unsaturated/α-hetero) is 1. The summed E-state index contributed by atoms with van der Waals surface area (Å²) in [6.45, 7) is 2.37. The Kier molecular flexibility index (Phi) is 6.76. The monoisotopic (exact) mass is 479 g/mol. The van der Waals surface area contributed by atoms with Crippen molar-refractivity contribution in [2.75, 3.05) is 13.1 Å². The van der Waals surface area contributed by atoms with Gasteiger partial charge in [-0.3, -0.25) is 19.4 Å². The van der Waals surface area contributed by atoms with Gasteiger partial charge in [0, 0.05) is 24.4 Å². The van der Waals surface area contributed by atoms with Crippen molar-refractivity contribution in [3.05, 3.63) is 102 Å². The Labute approximate surface area is 211 Å². The molecule has 1 aromatic heterocycles. The van der Waals surface area contributed by atoms with Crippen LogP contribution in [0.2, 0.25) is 0 Å². The average molecular weight is 480 g/mol. The maximum atomic E-state index is 13.8. The molecule has 2 aliphatic rings. The summed E-state index contributed by atoms with van der Waals surface area (Å²) < 4.78 is 0. The molecule has 36 heavy (non-hydrogen) atoms. The van der Waals surface area contributed by atoms with E-state index in [4.69, 9.17) is 0 Å². The lowest BCUT2D eigenvalue weighted by atomic mass is 9.91. The first-order valence-corrected chi connectivity index (χ1v) is 12.5. The summed E-state index contributed by atoms with van der Waals surface area (Å²) in [5.41, 5.74) is 4.25. The molecule has 2 aliphatic heterocycles. The largest absolute Gasteiger partial charge is 0.323 e. The van der Waals surface area contributed by atoms with Gasteiger partial charge in [0.2, 0.25) is 5.91 Å². The highest BCUT2D eigenvalue weighted by Crippen LogP contribution is 2.32. The summed E-state index contributed by atoms with van der Waals surface area (Å²) in [5, 5.41) is 0. The molecule has 0 N–H and O–H groups in total. The maximum absolute atomic E-state index is 13.8. The molecule has 6 heteroatoms. The zero-order chi connectivity index (χ0) is 25.1. The molecular formula is C30H29N3O3. The molecule has 0 bridgehead atoms. The van der Waals surface area contributed by atoms with E-state index in [0.29, 0.717) is 24.4 Å². The molecule has 2 atom stereocenters. The molecule has 0 saturated carbocycles. The van der Waals surface area contributed by atoms with E-state index in [-0.39, 0.29) is 30.1 Å². The molecule has 6 nitrogen and oxygen atoms in total. The summed E-state index contributed by atoms with van der Waals surface area (Å²) >= 11 is 0. The molecule has 5 rings (SSSR count). The van der Waals surface area contributed by atoms with Crippen molar-refractivity contribution in [2.24, 2.45) is 5.92 Å². The second kappa shape index (κ2) is 10.3. The van der Waals surface area contributed by atoms with Crippen molar-refractivity contribution < 1.29 is 14.4 Å². The molecular weight excluding hydrogens is 450 g/mol. The van der Waals surface area contributed by atoms with Crippen LogP contribution in [0.4, 0.5) is 0 Å². The molecule has 0 radical (unpaired) electrons. The molecule has 2 aromatic carbocycles. The number of pyridine rings is 1. The molecule has 3 heterocycles. The maximum Gasteiger partial charge on any atom is 0.277 e. The van der Waals surface area contributed by atoms with E-state index in [0.717, 1.165) is 29.5 Å². The Bertz CT molecular complexity index is 1300. The average Bonchev–Trinajstić information content (AvgIpc) is 3.50. The lowest BCUT2D eigenvalue weighted by molar-refractivity contribution is -0.139. The molecule has 1 saturated heterocycles. The van der Waals surface area contributed by atoms with E-state index in [9.17, 15) is 14.4 Å². The van der Waals surface area contributed by atoms with Gasteiger partial charge in [0.1, 0.15) is 11.7 Å². The van der Waals surface area contributed by atoms with Crippen LogP contribution < -0.4 is 0 Å². The van der Waals surface area contributed by atoms with Gasteiger partial charge in [0.05, 0.1) is 6.54 Å². The third-order valence-electron chi connectivity index (χ3n) is 6.93. The second-order valence-electron chi connectivity index (χ2n) is 9.35. The van der Waals surface area contributed by atoms with Crippen molar-refractivity contribution in [3.8, 4) is 11.1 Å². The number of hydrogen-bond acceptors (Lipinski definition) is 4. The first kappa shape index (κ1) is 23.7. The summed E-state index contributed by atoms with van der Waals surface area (Å²) in [7, 11) is 0. The van der Waals surface area contributed by atoms with Crippen molar-refractivity contribution >= 4 is 17.6 Å². The van der Waals surface area contributed by atoms with Crippen LogP contribution in [0, 0.1) is 5.92 Å². The van der Waals surface area contributed by atoms with Gasteiger partial charge in [-0.2, -0.15) is 0 Å². The van der Waals surface area contributed by atoms with E-state index in [1.54, 1.807) is 29.3 Å². The first-order valence-electron chi connectivity index (χ1n) is 12.5. The van der Waals surface area contributed by atoms with E-state index < -0.39 is 6.04 Å². The summed E-state index contributed by atoms with van der Waals surface area (Å²) in [6.07, 6.45) is 5.61. The summed E-state index contributed by atoms with van der Waals surface area (Å²) in [4.78, 5) is 47.0. The van der Waals surface area contributed by atoms with Crippen LogP contribution in [0.5, 0.6) is 0 Å². The highest BCUT2D eigenvalue weighted by atomic mass is 16.2. The normalized spacial score (nSPS) is 17.6. The second-order valence-corrected chi connectivity index (χ2v) is 9.35. The molecule has 3 aromatic rings. The Morgan fingerprint density at radius 3 is 2.53 bits per heavy atom. The van der Waals surface area contributed by atoms with Gasteiger partial charge in [-0.25, -0.2) is 0 Å². The molecule has 1 fully saturated rings. The highest BCUT2D eigenvalue weighted by Gasteiger charge is 2.47. The number of rotatable bonds is 7. The number of ketones is 1. The zero-order valence-electron chi connectivity index (χ0n) is 20.3. The van der Waals surface area contributed by atoms with Gasteiger partial charge in [-0.1, -0.05) is 74.0 Å². The lowest BCUT2D eigenvalue weighted by Crippen LogP contribution is -2.44. The van der Waals surface area contributed by atoms with Crippen molar-refractivity contribution in [1.29, 1.82) is 0 Å². The van der Waals surface area contributed by atoms with Crippen molar-refractivity contribution in [1.82, 2.24) is 14.8 Å². The van der Waals surface area contributed by atoms with E-state index in [1.165, 1.54) is 4.90 Å². The Balaban J connectivity index is 1.33. The van der Waals surface area contributed by atoms with Crippen LogP contribution in [-0.4, -0.2) is 51.5 Å². The SMILES string of the molecule is CCCC(Cc1cccc(-c2ccccc2)c1)C(=O)N1CC=C2C1C(=O)CN2C(=O)c1ccccn1. The fraction of sp³-hybridized carbons (Fsp3) is 0.267. The number of nitrogens with zero attached hydrogens (tertiary/aromatic N) is 3. The fourth-order valence-electron chi connectivity index (χ4n) is 5.22. The number of carbonyl (C=O) groups excluding carboxylic acids is 3. The smallest absolute Gasteiger partial charge is 0.277 e. The van der Waals surface area contributed by atoms with Gasteiger partial charge in [0.15, 0.2) is 5.78 Å². The standard InChI is InChI=1S/C30H29N3O3/c1-2-9-24(19-21-10-8-13-23(18-21)22-11-4-3-5-12-22)29(35)32-17-15-26-28(32)27(34)20-33(26)30(36)25-14-6-7-16-31-25/h3-8,10-16,18,24,28H,2,9,17,19-20H2,1H3. The fourth-order valence-corrected chi connectivity index (χ4v) is 5.22. The van der Waals surface area contributed by atoms with Gasteiger partial charge in [-0.15, -0.1) is 0 Å². The predicted octanol–water partition coefficient (Wildman–Crippen LogP) is 4.53. The number of carbonyl (C=O) groups is 3. The highest BCUT2D eigenvalue weighted by molar-refractivity contribution is 6.04. The Morgan fingerprint density at radius 2 is 1.78 bits per heavy atom. The number of fused-ring (bicyclic) bond motifs is 1. The van der Waals surface area contributed by atoms with Gasteiger partial charge >= 0.3 is 0 Å². The third kappa shape index (κ3) is 4.59. The van der Waals surface area contributed by atoms with Gasteiger partial charge < -0.3 is 9.80 Å². The number of aromatic nitrogens is 1. The number of benzene rings is 2. The predicted molar refractivity (Wildman–Crippen MR) is 138 cm³/mol. The zero-order valence-corrected chi connectivity index (χ0v) is 20.3. The van der Waals surface area contributed by atoms with E-state index >= 15 is 0 Å². The minimum absolute atomic E-state index is 0.0290. The van der Waals surface area contributed by atoms with E-state index in [1.807, 2.05) is 30.3 Å². The lowest BCUT2D eigenvalue weighted by Gasteiger charge is -2.27. The van der Waals surface area contributed by atoms with Crippen LogP contribution in [0.1, 0.15) is 35.8 Å². The molecule has 0 spiro atoms. The Hall–Kier alpha value is -4.06. The van der Waals surface area contributed by atoms with Crippen LogP contribution >= 0.6 is 0 Å². The molecule has 2 amide bonds.